The predicted molar refractivity (Wildman–Crippen MR) is 128 cm³/mol. The first-order valence-corrected chi connectivity index (χ1v) is 11.4. The third-order valence-electron chi connectivity index (χ3n) is 4.36. The molecule has 0 N–H and O–H groups in total. The van der Waals surface area contributed by atoms with Crippen molar-refractivity contribution < 1.29 is 19.0 Å². The van der Waals surface area contributed by atoms with Crippen LogP contribution in [-0.2, 0) is 4.79 Å². The number of rotatable bonds is 8. The van der Waals surface area contributed by atoms with Crippen molar-refractivity contribution in [2.24, 2.45) is 0 Å². The van der Waals surface area contributed by atoms with Crippen LogP contribution < -0.4 is 14.2 Å². The molecule has 1 amide bonds. The van der Waals surface area contributed by atoms with Gasteiger partial charge in [-0.3, -0.25) is 9.69 Å². The van der Waals surface area contributed by atoms with Gasteiger partial charge in [-0.25, -0.2) is 0 Å². The summed E-state index contributed by atoms with van der Waals surface area (Å²) in [5, 5.41) is 0. The molecule has 0 bridgehead atoms. The highest BCUT2D eigenvalue weighted by molar-refractivity contribution is 9.10. The summed E-state index contributed by atoms with van der Waals surface area (Å²) in [4.78, 5) is 14.6. The summed E-state index contributed by atoms with van der Waals surface area (Å²) in [5.74, 6) is 1.88. The Morgan fingerprint density at radius 2 is 1.87 bits per heavy atom. The van der Waals surface area contributed by atoms with E-state index in [0.29, 0.717) is 40.5 Å². The van der Waals surface area contributed by atoms with Crippen molar-refractivity contribution in [3.05, 3.63) is 56.9 Å². The normalized spacial score (nSPS) is 15.1. The number of carbonyl (C=O) groups excluding carboxylic acids is 1. The Labute approximate surface area is 194 Å². The number of thioether (sulfide) groups is 1. The van der Waals surface area contributed by atoms with Crippen LogP contribution in [0.5, 0.6) is 17.2 Å². The summed E-state index contributed by atoms with van der Waals surface area (Å²) in [6.07, 6.45) is 1.81. The molecular weight excluding hydrogens is 486 g/mol. The number of hydrogen-bond donors (Lipinski definition) is 0. The molecule has 2 aromatic rings. The lowest BCUT2D eigenvalue weighted by atomic mass is 10.2. The van der Waals surface area contributed by atoms with Gasteiger partial charge >= 0.3 is 0 Å². The van der Waals surface area contributed by atoms with Crippen LogP contribution in [-0.4, -0.2) is 42.0 Å². The van der Waals surface area contributed by atoms with Gasteiger partial charge in [0.15, 0.2) is 11.5 Å². The molecule has 0 radical (unpaired) electrons. The maximum atomic E-state index is 12.4. The van der Waals surface area contributed by atoms with E-state index < -0.39 is 0 Å². The van der Waals surface area contributed by atoms with E-state index in [0.717, 1.165) is 15.8 Å². The number of likely N-dealkylation sites (N-methyl/N-ethyl adjacent to an activating group) is 1. The Bertz CT molecular complexity index is 976. The molecule has 1 heterocycles. The van der Waals surface area contributed by atoms with Gasteiger partial charge in [0.2, 0.25) is 0 Å². The van der Waals surface area contributed by atoms with Gasteiger partial charge in [0, 0.05) is 6.54 Å². The summed E-state index contributed by atoms with van der Waals surface area (Å²) in [6, 6.07) is 11.6. The summed E-state index contributed by atoms with van der Waals surface area (Å²) in [6.45, 7) is 5.26. The molecule has 1 saturated heterocycles. The quantitative estimate of drug-likeness (QED) is 0.269. The zero-order chi connectivity index (χ0) is 21.7. The van der Waals surface area contributed by atoms with Crippen molar-refractivity contribution in [3.8, 4) is 17.2 Å². The van der Waals surface area contributed by atoms with Crippen LogP contribution in [0.3, 0.4) is 0 Å². The van der Waals surface area contributed by atoms with Gasteiger partial charge in [-0.2, -0.15) is 0 Å². The summed E-state index contributed by atoms with van der Waals surface area (Å²) in [5.41, 5.74) is 2.00. The largest absolute Gasteiger partial charge is 0.493 e. The fraction of sp³-hybridized carbons (Fsp3) is 0.273. The molecule has 1 fully saturated rings. The number of thiocarbonyl (C=S) groups is 1. The molecule has 0 aliphatic carbocycles. The van der Waals surface area contributed by atoms with Gasteiger partial charge in [-0.15, -0.1) is 0 Å². The third-order valence-corrected chi connectivity index (χ3v) is 6.33. The van der Waals surface area contributed by atoms with Crippen molar-refractivity contribution in [2.75, 3.05) is 26.9 Å². The molecule has 0 saturated carbocycles. The number of amides is 1. The SMILES string of the molecule is CCN1C(=O)C(=Cc2cc(Br)c(OCCOc3ccc(C)cc3)c(OC)c2)SC1=S. The number of benzene rings is 2. The van der Waals surface area contributed by atoms with Crippen LogP contribution in [0.4, 0.5) is 0 Å². The fourth-order valence-corrected chi connectivity index (χ4v) is 4.78. The summed E-state index contributed by atoms with van der Waals surface area (Å²) < 4.78 is 18.4. The standard InChI is InChI=1S/C22H22BrNO4S2/c1-4-24-21(25)19(30-22(24)29)13-15-11-17(23)20(18(12-15)26-3)28-10-9-27-16-7-5-14(2)6-8-16/h5-8,11-13H,4,9-10H2,1-3H3. The summed E-state index contributed by atoms with van der Waals surface area (Å²) in [7, 11) is 1.58. The minimum atomic E-state index is -0.0730. The van der Waals surface area contributed by atoms with E-state index in [4.69, 9.17) is 26.4 Å². The molecule has 0 atom stereocenters. The van der Waals surface area contributed by atoms with E-state index in [1.54, 1.807) is 12.0 Å². The number of ether oxygens (including phenoxy) is 3. The zero-order valence-electron chi connectivity index (χ0n) is 16.9. The van der Waals surface area contributed by atoms with Gasteiger partial charge < -0.3 is 14.2 Å². The van der Waals surface area contributed by atoms with E-state index in [-0.39, 0.29) is 5.91 Å². The van der Waals surface area contributed by atoms with Crippen LogP contribution in [0.25, 0.3) is 6.08 Å². The Kier molecular flexibility index (Phi) is 7.80. The molecule has 5 nitrogen and oxygen atoms in total. The van der Waals surface area contributed by atoms with Gasteiger partial charge in [0.1, 0.15) is 23.3 Å². The van der Waals surface area contributed by atoms with Crippen LogP contribution in [0, 0.1) is 6.92 Å². The topological polar surface area (TPSA) is 48.0 Å². The van der Waals surface area contributed by atoms with Crippen molar-refractivity contribution in [3.63, 3.8) is 0 Å². The smallest absolute Gasteiger partial charge is 0.266 e. The van der Waals surface area contributed by atoms with Crippen LogP contribution in [0.1, 0.15) is 18.1 Å². The maximum Gasteiger partial charge on any atom is 0.266 e. The Hall–Kier alpha value is -2.03. The van der Waals surface area contributed by atoms with Gasteiger partial charge in [-0.05, 0) is 65.7 Å². The minimum absolute atomic E-state index is 0.0730. The maximum absolute atomic E-state index is 12.4. The van der Waals surface area contributed by atoms with Crippen molar-refractivity contribution >= 4 is 56.2 Å². The lowest BCUT2D eigenvalue weighted by Gasteiger charge is -2.14. The molecule has 0 spiro atoms. The second-order valence-corrected chi connectivity index (χ2v) is 9.00. The second kappa shape index (κ2) is 10.3. The molecule has 8 heteroatoms. The van der Waals surface area contributed by atoms with Crippen molar-refractivity contribution in [1.82, 2.24) is 4.90 Å². The highest BCUT2D eigenvalue weighted by atomic mass is 79.9. The predicted octanol–water partition coefficient (Wildman–Crippen LogP) is 5.45. The molecule has 0 unspecified atom stereocenters. The number of hydrogen-bond acceptors (Lipinski definition) is 6. The first-order chi connectivity index (χ1) is 14.4. The van der Waals surface area contributed by atoms with Crippen LogP contribution in [0.2, 0.25) is 0 Å². The first kappa shape index (κ1) is 22.7. The molecule has 1 aliphatic rings. The van der Waals surface area contributed by atoms with E-state index in [1.165, 1.54) is 17.3 Å². The lowest BCUT2D eigenvalue weighted by Crippen LogP contribution is -2.27. The number of carbonyl (C=O) groups is 1. The minimum Gasteiger partial charge on any atom is -0.493 e. The molecule has 158 valence electrons. The molecular formula is C22H22BrNO4S2. The first-order valence-electron chi connectivity index (χ1n) is 9.38. The average molecular weight is 508 g/mol. The molecule has 1 aliphatic heterocycles. The molecule has 30 heavy (non-hydrogen) atoms. The number of halogens is 1. The van der Waals surface area contributed by atoms with E-state index >= 15 is 0 Å². The monoisotopic (exact) mass is 507 g/mol. The third kappa shape index (κ3) is 5.36. The van der Waals surface area contributed by atoms with E-state index in [9.17, 15) is 4.79 Å². The van der Waals surface area contributed by atoms with Crippen molar-refractivity contribution in [1.29, 1.82) is 0 Å². The van der Waals surface area contributed by atoms with Crippen molar-refractivity contribution in [2.45, 2.75) is 13.8 Å². The van der Waals surface area contributed by atoms with E-state index in [1.807, 2.05) is 56.3 Å². The van der Waals surface area contributed by atoms with Gasteiger partial charge in [0.25, 0.3) is 5.91 Å². The van der Waals surface area contributed by atoms with Gasteiger partial charge in [-0.1, -0.05) is 41.7 Å². The number of nitrogens with zero attached hydrogens (tertiary/aromatic N) is 1. The van der Waals surface area contributed by atoms with E-state index in [2.05, 4.69) is 15.9 Å². The highest BCUT2D eigenvalue weighted by Crippen LogP contribution is 2.39. The highest BCUT2D eigenvalue weighted by Gasteiger charge is 2.30. The van der Waals surface area contributed by atoms with Crippen LogP contribution >= 0.6 is 39.9 Å². The molecule has 2 aromatic carbocycles. The Balaban J connectivity index is 1.68. The summed E-state index contributed by atoms with van der Waals surface area (Å²) >= 11 is 10.1. The lowest BCUT2D eigenvalue weighted by molar-refractivity contribution is -0.121. The Morgan fingerprint density at radius 1 is 1.17 bits per heavy atom. The van der Waals surface area contributed by atoms with Gasteiger partial charge in [0.05, 0.1) is 16.5 Å². The number of methoxy groups -OCH3 is 1. The zero-order valence-corrected chi connectivity index (χ0v) is 20.2. The molecule has 3 rings (SSSR count). The Morgan fingerprint density at radius 3 is 2.50 bits per heavy atom. The van der Waals surface area contributed by atoms with Crippen LogP contribution in [0.15, 0.2) is 45.8 Å². The average Bonchev–Trinajstić information content (AvgIpc) is 2.99. The second-order valence-electron chi connectivity index (χ2n) is 6.47. The fourth-order valence-electron chi connectivity index (χ4n) is 2.82. The molecule has 0 aromatic heterocycles. The number of aryl methyl sites for hydroxylation is 1.